The summed E-state index contributed by atoms with van der Waals surface area (Å²) in [6, 6.07) is 14.2. The molecule has 3 aromatic rings. The largest absolute Gasteiger partial charge is 0.383 e. The molecular formula is C19H16ClN3O2. The number of nitrogens with one attached hydrogen (secondary N) is 1. The van der Waals surface area contributed by atoms with Crippen molar-refractivity contribution in [1.29, 1.82) is 0 Å². The zero-order valence-electron chi connectivity index (χ0n) is 13.6. The summed E-state index contributed by atoms with van der Waals surface area (Å²) in [7, 11) is 1.59. The van der Waals surface area contributed by atoms with Gasteiger partial charge in [0.15, 0.2) is 5.69 Å². The van der Waals surface area contributed by atoms with E-state index in [4.69, 9.17) is 22.9 Å². The monoisotopic (exact) mass is 353 g/mol. The lowest BCUT2D eigenvalue weighted by Gasteiger charge is -2.22. The van der Waals surface area contributed by atoms with Crippen molar-refractivity contribution in [3.8, 4) is 0 Å². The first-order chi connectivity index (χ1) is 12.1. The van der Waals surface area contributed by atoms with Crippen LogP contribution in [0.15, 0.2) is 48.5 Å². The molecule has 0 aliphatic heterocycles. The highest BCUT2D eigenvalue weighted by Gasteiger charge is 2.20. The number of para-hydroxylation sites is 1. The number of carbonyl (C=O) groups is 1. The Bertz CT molecular complexity index is 941. The van der Waals surface area contributed by atoms with Crippen molar-refractivity contribution < 1.29 is 9.53 Å². The van der Waals surface area contributed by atoms with Gasteiger partial charge in [-0.2, -0.15) is 0 Å². The minimum absolute atomic E-state index is 0.181. The molecule has 6 heteroatoms. The smallest absolute Gasteiger partial charge is 0.274 e. The van der Waals surface area contributed by atoms with Crippen LogP contribution in [0.25, 0.3) is 15.7 Å². The summed E-state index contributed by atoms with van der Waals surface area (Å²) < 4.78 is 5.13. The third-order valence-corrected chi connectivity index (χ3v) is 4.21. The summed E-state index contributed by atoms with van der Waals surface area (Å²) in [4.78, 5) is 21.1. The van der Waals surface area contributed by atoms with Crippen LogP contribution in [0.4, 0.5) is 11.4 Å². The first-order valence-corrected chi connectivity index (χ1v) is 8.07. The zero-order valence-corrected chi connectivity index (χ0v) is 14.4. The lowest BCUT2D eigenvalue weighted by Crippen LogP contribution is -2.34. The molecule has 3 rings (SSSR count). The van der Waals surface area contributed by atoms with Crippen LogP contribution in [0.2, 0.25) is 5.02 Å². The molecule has 1 aromatic heterocycles. The van der Waals surface area contributed by atoms with E-state index in [-0.39, 0.29) is 5.91 Å². The van der Waals surface area contributed by atoms with Gasteiger partial charge < -0.3 is 14.6 Å². The molecule has 1 heterocycles. The molecule has 25 heavy (non-hydrogen) atoms. The van der Waals surface area contributed by atoms with Gasteiger partial charge in [0.1, 0.15) is 5.69 Å². The Hall–Kier alpha value is -2.81. The molecule has 2 aromatic carbocycles. The van der Waals surface area contributed by atoms with Crippen LogP contribution in [-0.2, 0) is 4.74 Å². The summed E-state index contributed by atoms with van der Waals surface area (Å²) in [6.45, 7) is 7.84. The quantitative estimate of drug-likeness (QED) is 0.678. The number of ether oxygens (including phenoxy) is 1. The second kappa shape index (κ2) is 7.39. The number of nitrogens with zero attached hydrogens (tertiary/aromatic N) is 2. The zero-order chi connectivity index (χ0) is 17.8. The highest BCUT2D eigenvalue weighted by atomic mass is 35.5. The van der Waals surface area contributed by atoms with Crippen molar-refractivity contribution in [1.82, 2.24) is 4.98 Å². The number of hydrogen-bond acceptors (Lipinski definition) is 2. The number of benzene rings is 2. The maximum atomic E-state index is 13.0. The van der Waals surface area contributed by atoms with E-state index >= 15 is 0 Å². The molecule has 0 saturated carbocycles. The van der Waals surface area contributed by atoms with Crippen molar-refractivity contribution in [2.45, 2.75) is 0 Å². The Morgan fingerprint density at radius 1 is 1.28 bits per heavy atom. The second-order valence-corrected chi connectivity index (χ2v) is 5.87. The van der Waals surface area contributed by atoms with Crippen LogP contribution < -0.4 is 4.90 Å². The number of H-pyrrole nitrogens is 1. The van der Waals surface area contributed by atoms with Crippen LogP contribution in [0.5, 0.6) is 0 Å². The number of aromatic nitrogens is 1. The number of methoxy groups -OCH3 is 1. The Balaban J connectivity index is 1.97. The molecule has 0 saturated heterocycles. The number of amides is 1. The van der Waals surface area contributed by atoms with Crippen LogP contribution in [-0.4, -0.2) is 31.2 Å². The van der Waals surface area contributed by atoms with Crippen LogP contribution in [0.1, 0.15) is 10.5 Å². The molecule has 0 radical (unpaired) electrons. The van der Waals surface area contributed by atoms with Gasteiger partial charge in [-0.3, -0.25) is 4.79 Å². The molecule has 126 valence electrons. The van der Waals surface area contributed by atoms with E-state index in [1.165, 1.54) is 0 Å². The molecule has 0 fully saturated rings. The van der Waals surface area contributed by atoms with E-state index in [0.717, 1.165) is 10.9 Å². The molecule has 0 aliphatic rings. The summed E-state index contributed by atoms with van der Waals surface area (Å²) in [5.74, 6) is -0.181. The first kappa shape index (κ1) is 17.0. The number of halogens is 1. The number of carbonyl (C=O) groups excluding carboxylic acids is 1. The number of anilines is 1. The third kappa shape index (κ3) is 3.50. The Kier molecular flexibility index (Phi) is 5.03. The molecule has 0 aliphatic carbocycles. The first-order valence-electron chi connectivity index (χ1n) is 7.69. The lowest BCUT2D eigenvalue weighted by molar-refractivity contribution is 0.0972. The molecule has 0 bridgehead atoms. The van der Waals surface area contributed by atoms with Gasteiger partial charge in [-0.15, -0.1) is 0 Å². The normalized spacial score (nSPS) is 10.6. The molecule has 1 amide bonds. The third-order valence-electron chi connectivity index (χ3n) is 3.89. The van der Waals surface area contributed by atoms with Crippen LogP contribution in [0, 0.1) is 6.57 Å². The van der Waals surface area contributed by atoms with Crippen molar-refractivity contribution in [3.05, 3.63) is 70.7 Å². The Labute approximate surface area is 150 Å². The average Bonchev–Trinajstić information content (AvgIpc) is 3.08. The number of hydrogen-bond donors (Lipinski definition) is 1. The fraction of sp³-hybridized carbons (Fsp3) is 0.158. The van der Waals surface area contributed by atoms with Gasteiger partial charge in [0.25, 0.3) is 5.91 Å². The summed E-state index contributed by atoms with van der Waals surface area (Å²) in [5.41, 5.74) is 2.43. The molecule has 0 atom stereocenters. The average molecular weight is 354 g/mol. The fourth-order valence-corrected chi connectivity index (χ4v) is 2.85. The maximum Gasteiger partial charge on any atom is 0.274 e. The lowest BCUT2D eigenvalue weighted by atomic mass is 10.2. The molecule has 1 N–H and O–H groups in total. The predicted molar refractivity (Wildman–Crippen MR) is 99.6 cm³/mol. The second-order valence-electron chi connectivity index (χ2n) is 5.46. The van der Waals surface area contributed by atoms with Gasteiger partial charge in [-0.05, 0) is 24.3 Å². The molecule has 5 nitrogen and oxygen atoms in total. The van der Waals surface area contributed by atoms with Crippen LogP contribution >= 0.6 is 11.6 Å². The summed E-state index contributed by atoms with van der Waals surface area (Å²) in [5, 5.41) is 1.45. The number of aromatic amines is 1. The van der Waals surface area contributed by atoms with Gasteiger partial charge in [-0.25, -0.2) is 4.85 Å². The van der Waals surface area contributed by atoms with E-state index in [1.54, 1.807) is 48.4 Å². The van der Waals surface area contributed by atoms with Crippen molar-refractivity contribution in [3.63, 3.8) is 0 Å². The van der Waals surface area contributed by atoms with E-state index in [9.17, 15) is 4.79 Å². The molecular weight excluding hydrogens is 338 g/mol. The fourth-order valence-electron chi connectivity index (χ4n) is 2.62. The Morgan fingerprint density at radius 2 is 2.04 bits per heavy atom. The standard InChI is InChI=1S/C19H16ClN3O2/c1-21-14-6-8-15(9-7-14)23(10-11-25-2)19(24)17-12-13-4-3-5-16(20)18(13)22-17/h3-9,12,22H,10-11H2,2H3. The predicted octanol–water partition coefficient (Wildman–Crippen LogP) is 4.67. The SMILES string of the molecule is [C-]#[N+]c1ccc(N(CCOC)C(=O)c2cc3cccc(Cl)c3[nH]2)cc1. The van der Waals surface area contributed by atoms with Gasteiger partial charge in [0, 0.05) is 24.7 Å². The van der Waals surface area contributed by atoms with Crippen molar-refractivity contribution >= 4 is 39.8 Å². The molecule has 0 unspecified atom stereocenters. The van der Waals surface area contributed by atoms with E-state index in [0.29, 0.717) is 35.2 Å². The van der Waals surface area contributed by atoms with Gasteiger partial charge in [0.2, 0.25) is 0 Å². The van der Waals surface area contributed by atoms with Gasteiger partial charge in [0.05, 0.1) is 23.7 Å². The van der Waals surface area contributed by atoms with Crippen LogP contribution in [0.3, 0.4) is 0 Å². The van der Waals surface area contributed by atoms with Gasteiger partial charge in [-0.1, -0.05) is 35.9 Å². The number of fused-ring (bicyclic) bond motifs is 1. The number of rotatable bonds is 5. The molecule has 0 spiro atoms. The highest BCUT2D eigenvalue weighted by molar-refractivity contribution is 6.35. The highest BCUT2D eigenvalue weighted by Crippen LogP contribution is 2.26. The minimum atomic E-state index is -0.181. The van der Waals surface area contributed by atoms with E-state index < -0.39 is 0 Å². The summed E-state index contributed by atoms with van der Waals surface area (Å²) in [6.07, 6.45) is 0. The van der Waals surface area contributed by atoms with Crippen molar-refractivity contribution in [2.75, 3.05) is 25.2 Å². The summed E-state index contributed by atoms with van der Waals surface area (Å²) >= 11 is 6.18. The minimum Gasteiger partial charge on any atom is -0.383 e. The van der Waals surface area contributed by atoms with Crippen molar-refractivity contribution in [2.24, 2.45) is 0 Å². The topological polar surface area (TPSA) is 49.7 Å². The van der Waals surface area contributed by atoms with Gasteiger partial charge >= 0.3 is 0 Å². The van der Waals surface area contributed by atoms with E-state index in [2.05, 4.69) is 9.83 Å². The maximum absolute atomic E-state index is 13.0. The van der Waals surface area contributed by atoms with E-state index in [1.807, 2.05) is 12.1 Å². The Morgan fingerprint density at radius 3 is 2.68 bits per heavy atom.